The first-order valence-electron chi connectivity index (χ1n) is 8.61. The monoisotopic (exact) mass is 353 g/mol. The minimum Gasteiger partial charge on any atom is -0.370 e. The first-order chi connectivity index (χ1) is 12.5. The van der Waals surface area contributed by atoms with Crippen LogP contribution in [0.5, 0.6) is 0 Å². The molecule has 2 aromatic heterocycles. The van der Waals surface area contributed by atoms with Crippen molar-refractivity contribution in [2.45, 2.75) is 13.0 Å². The van der Waals surface area contributed by atoms with Crippen molar-refractivity contribution in [1.82, 2.24) is 14.5 Å². The van der Waals surface area contributed by atoms with Crippen LogP contribution in [0.1, 0.15) is 27.8 Å². The Morgan fingerprint density at radius 3 is 2.92 bits per heavy atom. The fourth-order valence-corrected chi connectivity index (χ4v) is 3.49. The highest BCUT2D eigenvalue weighted by Gasteiger charge is 2.28. The van der Waals surface area contributed by atoms with Crippen molar-refractivity contribution in [3.8, 4) is 0 Å². The second-order valence-electron chi connectivity index (χ2n) is 6.63. The summed E-state index contributed by atoms with van der Waals surface area (Å²) in [7, 11) is 1.83. The molecule has 0 N–H and O–H groups in total. The van der Waals surface area contributed by atoms with E-state index in [-0.39, 0.29) is 17.8 Å². The fraction of sp³-hybridized carbons (Fsp3) is 0.300. The number of morpholine rings is 1. The molecule has 1 atom stereocenters. The Kier molecular flexibility index (Phi) is 4.20. The number of hydrogen-bond acceptors (Lipinski definition) is 3. The maximum atomic E-state index is 13.5. The molecule has 0 aliphatic carbocycles. The number of aryl methyl sites for hydroxylation is 2. The van der Waals surface area contributed by atoms with E-state index in [1.165, 1.54) is 12.1 Å². The molecule has 0 spiro atoms. The van der Waals surface area contributed by atoms with Crippen LogP contribution in [0.4, 0.5) is 4.39 Å². The van der Waals surface area contributed by atoms with E-state index in [4.69, 9.17) is 4.74 Å². The molecule has 1 aromatic carbocycles. The van der Waals surface area contributed by atoms with Crippen molar-refractivity contribution in [2.75, 3.05) is 19.7 Å². The molecule has 6 heteroatoms. The molecule has 1 amide bonds. The van der Waals surface area contributed by atoms with E-state index in [0.29, 0.717) is 25.4 Å². The van der Waals surface area contributed by atoms with E-state index in [2.05, 4.69) is 4.98 Å². The van der Waals surface area contributed by atoms with Crippen molar-refractivity contribution in [1.29, 1.82) is 0 Å². The fourth-order valence-electron chi connectivity index (χ4n) is 3.49. The molecule has 1 aliphatic rings. The maximum Gasteiger partial charge on any atom is 0.270 e. The van der Waals surface area contributed by atoms with E-state index in [9.17, 15) is 9.18 Å². The van der Waals surface area contributed by atoms with Gasteiger partial charge in [-0.15, -0.1) is 0 Å². The van der Waals surface area contributed by atoms with Crippen molar-refractivity contribution < 1.29 is 13.9 Å². The first kappa shape index (κ1) is 16.7. The Balaban J connectivity index is 1.61. The smallest absolute Gasteiger partial charge is 0.270 e. The summed E-state index contributed by atoms with van der Waals surface area (Å²) in [6.45, 7) is 3.44. The largest absolute Gasteiger partial charge is 0.370 e. The van der Waals surface area contributed by atoms with Crippen LogP contribution in [-0.4, -0.2) is 40.1 Å². The van der Waals surface area contributed by atoms with E-state index in [1.807, 2.05) is 30.7 Å². The molecule has 26 heavy (non-hydrogen) atoms. The summed E-state index contributed by atoms with van der Waals surface area (Å²) >= 11 is 0. The van der Waals surface area contributed by atoms with Crippen LogP contribution in [0, 0.1) is 12.7 Å². The molecule has 134 valence electrons. The summed E-state index contributed by atoms with van der Waals surface area (Å²) in [6.07, 6.45) is 1.59. The van der Waals surface area contributed by atoms with Gasteiger partial charge in [-0.05, 0) is 48.9 Å². The van der Waals surface area contributed by atoms with Gasteiger partial charge in [0.05, 0.1) is 13.2 Å². The molecular formula is C20H20FN3O2. The van der Waals surface area contributed by atoms with Crippen LogP contribution < -0.4 is 0 Å². The zero-order valence-electron chi connectivity index (χ0n) is 14.8. The highest BCUT2D eigenvalue weighted by molar-refractivity contribution is 5.98. The topological polar surface area (TPSA) is 47.4 Å². The van der Waals surface area contributed by atoms with Gasteiger partial charge in [0.1, 0.15) is 17.6 Å². The predicted octanol–water partition coefficient (Wildman–Crippen LogP) is 3.23. The average molecular weight is 353 g/mol. The second kappa shape index (κ2) is 6.53. The van der Waals surface area contributed by atoms with Crippen molar-refractivity contribution in [3.63, 3.8) is 0 Å². The van der Waals surface area contributed by atoms with Gasteiger partial charge in [0.2, 0.25) is 0 Å². The molecule has 0 radical (unpaired) electrons. The maximum absolute atomic E-state index is 13.5. The number of nitrogens with zero attached hydrogens (tertiary/aromatic N) is 3. The molecule has 1 fully saturated rings. The molecule has 0 bridgehead atoms. The van der Waals surface area contributed by atoms with Crippen molar-refractivity contribution >= 4 is 16.8 Å². The third kappa shape index (κ3) is 2.97. The number of benzene rings is 1. The van der Waals surface area contributed by atoms with Gasteiger partial charge in [-0.2, -0.15) is 0 Å². The molecule has 1 aliphatic heterocycles. The summed E-state index contributed by atoms with van der Waals surface area (Å²) in [5.74, 6) is -0.371. The van der Waals surface area contributed by atoms with Gasteiger partial charge in [-0.3, -0.25) is 9.78 Å². The SMILES string of the molecule is Cc1cc(C2CN(C(=O)c3cc4cc(F)ccc4n3C)CCO2)ccn1. The average Bonchev–Trinajstić information content (AvgIpc) is 2.97. The zero-order chi connectivity index (χ0) is 18.3. The molecular weight excluding hydrogens is 333 g/mol. The van der Waals surface area contributed by atoms with E-state index in [0.717, 1.165) is 22.2 Å². The summed E-state index contributed by atoms with van der Waals surface area (Å²) in [5, 5.41) is 0.727. The number of fused-ring (bicyclic) bond motifs is 1. The van der Waals surface area contributed by atoms with Gasteiger partial charge in [0, 0.05) is 36.4 Å². The lowest BCUT2D eigenvalue weighted by atomic mass is 10.1. The minimum absolute atomic E-state index is 0.0665. The highest BCUT2D eigenvalue weighted by Crippen LogP contribution is 2.25. The van der Waals surface area contributed by atoms with Crippen LogP contribution in [0.15, 0.2) is 42.6 Å². The number of pyridine rings is 1. The molecule has 1 saturated heterocycles. The van der Waals surface area contributed by atoms with Crippen LogP contribution in [0.25, 0.3) is 10.9 Å². The van der Waals surface area contributed by atoms with Gasteiger partial charge in [0.25, 0.3) is 5.91 Å². The second-order valence-corrected chi connectivity index (χ2v) is 6.63. The van der Waals surface area contributed by atoms with E-state index < -0.39 is 0 Å². The third-order valence-electron chi connectivity index (χ3n) is 4.87. The molecule has 3 aromatic rings. The summed E-state index contributed by atoms with van der Waals surface area (Å²) in [4.78, 5) is 19.1. The van der Waals surface area contributed by atoms with Gasteiger partial charge in [-0.1, -0.05) is 0 Å². The van der Waals surface area contributed by atoms with Crippen LogP contribution in [0.3, 0.4) is 0 Å². The van der Waals surface area contributed by atoms with Crippen molar-refractivity contribution in [3.05, 3.63) is 65.4 Å². The predicted molar refractivity (Wildman–Crippen MR) is 96.4 cm³/mol. The molecule has 3 heterocycles. The lowest BCUT2D eigenvalue weighted by molar-refractivity contribution is -0.0231. The number of rotatable bonds is 2. The van der Waals surface area contributed by atoms with Crippen LogP contribution in [-0.2, 0) is 11.8 Å². The Labute approximate surface area is 151 Å². The van der Waals surface area contributed by atoms with Gasteiger partial charge in [-0.25, -0.2) is 4.39 Å². The third-order valence-corrected chi connectivity index (χ3v) is 4.87. The summed E-state index contributed by atoms with van der Waals surface area (Å²) in [6, 6.07) is 10.2. The summed E-state index contributed by atoms with van der Waals surface area (Å²) < 4.78 is 21.2. The number of ether oxygens (including phenoxy) is 1. The van der Waals surface area contributed by atoms with Gasteiger partial charge >= 0.3 is 0 Å². The molecule has 5 nitrogen and oxygen atoms in total. The van der Waals surface area contributed by atoms with Crippen molar-refractivity contribution in [2.24, 2.45) is 7.05 Å². The number of aromatic nitrogens is 2. The number of carbonyl (C=O) groups is 1. The van der Waals surface area contributed by atoms with Gasteiger partial charge in [0.15, 0.2) is 0 Å². The number of carbonyl (C=O) groups excluding carboxylic acids is 1. The zero-order valence-corrected chi connectivity index (χ0v) is 14.8. The molecule has 4 rings (SSSR count). The van der Waals surface area contributed by atoms with Gasteiger partial charge < -0.3 is 14.2 Å². The Hall–Kier alpha value is -2.73. The van der Waals surface area contributed by atoms with E-state index in [1.54, 1.807) is 23.2 Å². The Morgan fingerprint density at radius 1 is 1.27 bits per heavy atom. The number of hydrogen-bond donors (Lipinski definition) is 0. The minimum atomic E-state index is -0.304. The normalized spacial score (nSPS) is 17.7. The molecule has 1 unspecified atom stereocenters. The van der Waals surface area contributed by atoms with Crippen LogP contribution in [0.2, 0.25) is 0 Å². The Bertz CT molecular complexity index is 982. The Morgan fingerprint density at radius 2 is 2.12 bits per heavy atom. The van der Waals surface area contributed by atoms with E-state index >= 15 is 0 Å². The first-order valence-corrected chi connectivity index (χ1v) is 8.61. The lowest BCUT2D eigenvalue weighted by Gasteiger charge is -2.33. The highest BCUT2D eigenvalue weighted by atomic mass is 19.1. The quantitative estimate of drug-likeness (QED) is 0.711. The number of amides is 1. The lowest BCUT2D eigenvalue weighted by Crippen LogP contribution is -2.42. The summed E-state index contributed by atoms with van der Waals surface area (Å²) in [5.41, 5.74) is 3.33. The standard InChI is InChI=1S/C20H20FN3O2/c1-13-9-14(5-6-22-13)19-12-24(7-8-26-19)20(25)18-11-15-10-16(21)3-4-17(15)23(18)2/h3-6,9-11,19H,7-8,12H2,1-2H3. The molecule has 0 saturated carbocycles. The van der Waals surface area contributed by atoms with Crippen LogP contribution >= 0.6 is 0 Å². The number of halogens is 1.